The number of hydrogen-bond acceptors (Lipinski definition) is 5. The van der Waals surface area contributed by atoms with E-state index in [9.17, 15) is 9.18 Å². The third kappa shape index (κ3) is 3.89. The summed E-state index contributed by atoms with van der Waals surface area (Å²) in [4.78, 5) is 13.6. The lowest BCUT2D eigenvalue weighted by molar-refractivity contribution is -0.127. The fraction of sp³-hybridized carbons (Fsp3) is 0.400. The van der Waals surface area contributed by atoms with Gasteiger partial charge in [-0.2, -0.15) is 0 Å². The van der Waals surface area contributed by atoms with Crippen molar-refractivity contribution in [3.05, 3.63) is 35.9 Å². The van der Waals surface area contributed by atoms with Gasteiger partial charge in [-0.15, -0.1) is 10.2 Å². The van der Waals surface area contributed by atoms with Gasteiger partial charge >= 0.3 is 0 Å². The molecule has 1 amide bonds. The zero-order chi connectivity index (χ0) is 17.0. The third-order valence-electron chi connectivity index (χ3n) is 3.23. The van der Waals surface area contributed by atoms with Crippen LogP contribution in [0.25, 0.3) is 5.69 Å². The molecule has 8 heteroatoms. The van der Waals surface area contributed by atoms with E-state index in [-0.39, 0.29) is 17.0 Å². The Morgan fingerprint density at radius 2 is 2.09 bits per heavy atom. The van der Waals surface area contributed by atoms with E-state index in [0.717, 1.165) is 0 Å². The molecular formula is C15H20FN5OS. The average Bonchev–Trinajstić information content (AvgIpc) is 2.89. The second-order valence-corrected chi connectivity index (χ2v) is 6.53. The SMILES string of the molecule is CC(Sc1nnc(CCN)n1-c1ccccc1F)C(=O)N(C)C. The molecule has 0 aliphatic heterocycles. The molecule has 0 radical (unpaired) electrons. The number of halogens is 1. The molecule has 1 atom stereocenters. The third-order valence-corrected chi connectivity index (χ3v) is 4.26. The van der Waals surface area contributed by atoms with E-state index in [1.54, 1.807) is 43.8 Å². The minimum absolute atomic E-state index is 0.0431. The van der Waals surface area contributed by atoms with Crippen molar-refractivity contribution in [3.63, 3.8) is 0 Å². The van der Waals surface area contributed by atoms with Crippen LogP contribution in [0.1, 0.15) is 12.7 Å². The topological polar surface area (TPSA) is 77.0 Å². The highest BCUT2D eigenvalue weighted by Gasteiger charge is 2.22. The van der Waals surface area contributed by atoms with E-state index >= 15 is 0 Å². The lowest BCUT2D eigenvalue weighted by atomic mass is 10.3. The molecule has 2 rings (SSSR count). The summed E-state index contributed by atoms with van der Waals surface area (Å²) in [5, 5.41) is 8.34. The maximum atomic E-state index is 14.2. The lowest BCUT2D eigenvalue weighted by Crippen LogP contribution is -2.29. The molecule has 23 heavy (non-hydrogen) atoms. The van der Waals surface area contributed by atoms with E-state index in [4.69, 9.17) is 5.73 Å². The highest BCUT2D eigenvalue weighted by Crippen LogP contribution is 2.27. The number of carbonyl (C=O) groups is 1. The maximum Gasteiger partial charge on any atom is 0.235 e. The molecule has 0 bridgehead atoms. The van der Waals surface area contributed by atoms with Crippen LogP contribution < -0.4 is 5.73 Å². The van der Waals surface area contributed by atoms with Gasteiger partial charge in [0.1, 0.15) is 11.6 Å². The molecule has 1 unspecified atom stereocenters. The number of carbonyl (C=O) groups excluding carboxylic acids is 1. The summed E-state index contributed by atoms with van der Waals surface area (Å²) in [6, 6.07) is 6.40. The summed E-state index contributed by atoms with van der Waals surface area (Å²) in [5.41, 5.74) is 5.96. The van der Waals surface area contributed by atoms with Gasteiger partial charge in [-0.05, 0) is 25.6 Å². The largest absolute Gasteiger partial charge is 0.348 e. The van der Waals surface area contributed by atoms with Crippen LogP contribution in [0.15, 0.2) is 29.4 Å². The summed E-state index contributed by atoms with van der Waals surface area (Å²) in [7, 11) is 3.39. The molecule has 2 N–H and O–H groups in total. The molecule has 1 heterocycles. The smallest absolute Gasteiger partial charge is 0.235 e. The van der Waals surface area contributed by atoms with Crippen molar-refractivity contribution >= 4 is 17.7 Å². The molecule has 0 spiro atoms. The zero-order valence-electron chi connectivity index (χ0n) is 13.4. The van der Waals surface area contributed by atoms with Gasteiger partial charge in [-0.25, -0.2) is 4.39 Å². The number of aromatic nitrogens is 3. The van der Waals surface area contributed by atoms with E-state index in [2.05, 4.69) is 10.2 Å². The zero-order valence-corrected chi connectivity index (χ0v) is 14.2. The Balaban J connectivity index is 2.41. The first-order valence-electron chi connectivity index (χ1n) is 7.22. The van der Waals surface area contributed by atoms with Crippen molar-refractivity contribution in [2.24, 2.45) is 5.73 Å². The Kier molecular flexibility index (Phi) is 5.73. The Morgan fingerprint density at radius 3 is 2.70 bits per heavy atom. The number of rotatable bonds is 6. The van der Waals surface area contributed by atoms with E-state index in [1.165, 1.54) is 22.7 Å². The molecule has 2 aromatic rings. The van der Waals surface area contributed by atoms with Gasteiger partial charge < -0.3 is 10.6 Å². The van der Waals surface area contributed by atoms with Crippen LogP contribution in [0.3, 0.4) is 0 Å². The van der Waals surface area contributed by atoms with Gasteiger partial charge in [0.15, 0.2) is 5.16 Å². The minimum Gasteiger partial charge on any atom is -0.348 e. The van der Waals surface area contributed by atoms with Crippen LogP contribution in [0.2, 0.25) is 0 Å². The van der Waals surface area contributed by atoms with Crippen molar-refractivity contribution in [2.75, 3.05) is 20.6 Å². The summed E-state index contributed by atoms with van der Waals surface area (Å²) in [6.45, 7) is 2.17. The number of nitrogens with zero attached hydrogens (tertiary/aromatic N) is 4. The molecule has 0 aliphatic carbocycles. The monoisotopic (exact) mass is 337 g/mol. The maximum absolute atomic E-state index is 14.2. The molecule has 0 saturated carbocycles. The quantitative estimate of drug-likeness (QED) is 0.808. The van der Waals surface area contributed by atoms with Crippen LogP contribution >= 0.6 is 11.8 Å². The Labute approximate surface area is 138 Å². The summed E-state index contributed by atoms with van der Waals surface area (Å²) in [5.74, 6) is 0.155. The first-order chi connectivity index (χ1) is 11.0. The summed E-state index contributed by atoms with van der Waals surface area (Å²) >= 11 is 1.25. The van der Waals surface area contributed by atoms with Gasteiger partial charge in [0.2, 0.25) is 5.91 Å². The fourth-order valence-corrected chi connectivity index (χ4v) is 3.14. The number of thioether (sulfide) groups is 1. The van der Waals surface area contributed by atoms with Crippen molar-refractivity contribution in [1.29, 1.82) is 0 Å². The van der Waals surface area contributed by atoms with Crippen molar-refractivity contribution in [3.8, 4) is 5.69 Å². The molecule has 1 aromatic heterocycles. The van der Waals surface area contributed by atoms with Crippen molar-refractivity contribution in [2.45, 2.75) is 23.8 Å². The standard InChI is InChI=1S/C15H20FN5OS/c1-10(14(22)20(2)3)23-15-19-18-13(8-9-17)21(15)12-7-5-4-6-11(12)16/h4-7,10H,8-9,17H2,1-3H3. The van der Waals surface area contributed by atoms with Crippen LogP contribution in [0.4, 0.5) is 4.39 Å². The second kappa shape index (κ2) is 7.56. The average molecular weight is 337 g/mol. The number of hydrogen-bond donors (Lipinski definition) is 1. The van der Waals surface area contributed by atoms with Crippen molar-refractivity contribution < 1.29 is 9.18 Å². The first-order valence-corrected chi connectivity index (χ1v) is 8.10. The normalized spacial score (nSPS) is 12.2. The molecule has 6 nitrogen and oxygen atoms in total. The summed E-state index contributed by atoms with van der Waals surface area (Å²) < 4.78 is 15.8. The Hall–Kier alpha value is -1.93. The van der Waals surface area contributed by atoms with E-state index in [0.29, 0.717) is 29.6 Å². The van der Waals surface area contributed by atoms with Crippen LogP contribution in [0, 0.1) is 5.82 Å². The van der Waals surface area contributed by atoms with Gasteiger partial charge in [0.05, 0.1) is 10.9 Å². The van der Waals surface area contributed by atoms with Crippen molar-refractivity contribution in [1.82, 2.24) is 19.7 Å². The number of benzene rings is 1. The number of nitrogens with two attached hydrogens (primary N) is 1. The van der Waals surface area contributed by atoms with Crippen LogP contribution in [-0.2, 0) is 11.2 Å². The number of para-hydroxylation sites is 1. The van der Waals surface area contributed by atoms with Gasteiger partial charge in [-0.3, -0.25) is 9.36 Å². The first kappa shape index (κ1) is 17.4. The molecule has 124 valence electrons. The lowest BCUT2D eigenvalue weighted by Gasteiger charge is -2.17. The van der Waals surface area contributed by atoms with E-state index in [1.807, 2.05) is 0 Å². The van der Waals surface area contributed by atoms with Crippen LogP contribution in [-0.4, -0.2) is 51.5 Å². The molecule has 1 aromatic carbocycles. The minimum atomic E-state index is -0.376. The van der Waals surface area contributed by atoms with Gasteiger partial charge in [0, 0.05) is 20.5 Å². The predicted octanol–water partition coefficient (Wildman–Crippen LogP) is 1.48. The Morgan fingerprint density at radius 1 is 1.39 bits per heavy atom. The summed E-state index contributed by atoms with van der Waals surface area (Å²) in [6.07, 6.45) is 0.470. The fourth-order valence-electron chi connectivity index (χ4n) is 2.11. The van der Waals surface area contributed by atoms with Gasteiger partial charge in [-0.1, -0.05) is 23.9 Å². The molecule has 0 aliphatic rings. The van der Waals surface area contributed by atoms with Crippen LogP contribution in [0.5, 0.6) is 0 Å². The number of amides is 1. The van der Waals surface area contributed by atoms with Gasteiger partial charge in [0.25, 0.3) is 0 Å². The van der Waals surface area contributed by atoms with E-state index < -0.39 is 0 Å². The molecular weight excluding hydrogens is 317 g/mol. The highest BCUT2D eigenvalue weighted by atomic mass is 32.2. The Bertz CT molecular complexity index is 688. The highest BCUT2D eigenvalue weighted by molar-refractivity contribution is 8.00. The molecule has 0 fully saturated rings. The predicted molar refractivity (Wildman–Crippen MR) is 88.1 cm³/mol. The second-order valence-electron chi connectivity index (χ2n) is 5.22. The molecule has 0 saturated heterocycles.